The number of halogens is 1. The van der Waals surface area contributed by atoms with E-state index < -0.39 is 0 Å². The number of nitrogens with one attached hydrogen (secondary N) is 1. The first-order valence-electron chi connectivity index (χ1n) is 9.75. The summed E-state index contributed by atoms with van der Waals surface area (Å²) in [5, 5.41) is 7.69. The van der Waals surface area contributed by atoms with Gasteiger partial charge in [-0.1, -0.05) is 6.07 Å². The number of guanidine groups is 1. The smallest absolute Gasteiger partial charge is 0.231 e. The molecule has 0 atom stereocenters. The zero-order chi connectivity index (χ0) is 19.3. The van der Waals surface area contributed by atoms with Gasteiger partial charge in [0, 0.05) is 59.6 Å². The molecular weight excluding hydrogens is 483 g/mol. The predicted molar refractivity (Wildman–Crippen MR) is 123 cm³/mol. The van der Waals surface area contributed by atoms with Crippen LogP contribution in [-0.2, 0) is 20.0 Å². The van der Waals surface area contributed by atoms with Gasteiger partial charge in [0.15, 0.2) is 17.5 Å². The molecular formula is C20H29IN6O2. The highest BCUT2D eigenvalue weighted by Crippen LogP contribution is 2.32. The van der Waals surface area contributed by atoms with E-state index in [0.717, 1.165) is 63.1 Å². The van der Waals surface area contributed by atoms with E-state index in [2.05, 4.69) is 43.5 Å². The Morgan fingerprint density at radius 1 is 1.14 bits per heavy atom. The van der Waals surface area contributed by atoms with E-state index in [4.69, 9.17) is 9.47 Å². The molecule has 0 spiro atoms. The van der Waals surface area contributed by atoms with E-state index in [-0.39, 0.29) is 24.0 Å². The topological polar surface area (TPSA) is 67.2 Å². The largest absolute Gasteiger partial charge is 0.454 e. The summed E-state index contributed by atoms with van der Waals surface area (Å²) >= 11 is 0. The zero-order valence-electron chi connectivity index (χ0n) is 17.0. The molecule has 2 aliphatic heterocycles. The van der Waals surface area contributed by atoms with Crippen molar-refractivity contribution in [1.29, 1.82) is 0 Å². The van der Waals surface area contributed by atoms with E-state index in [1.54, 1.807) is 0 Å². The summed E-state index contributed by atoms with van der Waals surface area (Å²) in [5.41, 5.74) is 2.50. The first-order chi connectivity index (χ1) is 13.7. The van der Waals surface area contributed by atoms with E-state index in [1.807, 2.05) is 31.0 Å². The Labute approximate surface area is 188 Å². The van der Waals surface area contributed by atoms with Crippen molar-refractivity contribution in [2.45, 2.75) is 13.0 Å². The fourth-order valence-electron chi connectivity index (χ4n) is 3.67. The van der Waals surface area contributed by atoms with Gasteiger partial charge in [0.1, 0.15) is 0 Å². The first-order valence-corrected chi connectivity index (χ1v) is 9.75. The molecule has 2 aliphatic rings. The van der Waals surface area contributed by atoms with Crippen LogP contribution in [0.1, 0.15) is 11.1 Å². The molecule has 1 N–H and O–H groups in total. The average molecular weight is 512 g/mol. The van der Waals surface area contributed by atoms with Gasteiger partial charge >= 0.3 is 0 Å². The lowest BCUT2D eigenvalue weighted by molar-refractivity contribution is 0.171. The number of aromatic nitrogens is 2. The number of benzene rings is 1. The van der Waals surface area contributed by atoms with Crippen molar-refractivity contribution >= 4 is 29.9 Å². The minimum atomic E-state index is 0. The predicted octanol–water partition coefficient (Wildman–Crippen LogP) is 1.70. The lowest BCUT2D eigenvalue weighted by Crippen LogP contribution is -2.52. The average Bonchev–Trinajstić information content (AvgIpc) is 3.34. The molecule has 0 amide bonds. The fraction of sp³-hybridized carbons (Fsp3) is 0.500. The Morgan fingerprint density at radius 2 is 1.93 bits per heavy atom. The Balaban J connectivity index is 0.00000240. The summed E-state index contributed by atoms with van der Waals surface area (Å²) < 4.78 is 12.7. The van der Waals surface area contributed by atoms with Gasteiger partial charge in [-0.15, -0.1) is 24.0 Å². The highest BCUT2D eigenvalue weighted by molar-refractivity contribution is 14.0. The van der Waals surface area contributed by atoms with Gasteiger partial charge in [0.05, 0.1) is 6.20 Å². The van der Waals surface area contributed by atoms with Crippen LogP contribution >= 0.6 is 24.0 Å². The maximum atomic E-state index is 5.48. The van der Waals surface area contributed by atoms with Gasteiger partial charge < -0.3 is 19.7 Å². The molecule has 0 aliphatic carbocycles. The van der Waals surface area contributed by atoms with Crippen LogP contribution in [0.25, 0.3) is 0 Å². The number of piperazine rings is 1. The maximum Gasteiger partial charge on any atom is 0.231 e. The Hall–Kier alpha value is -2.01. The monoisotopic (exact) mass is 512 g/mol. The van der Waals surface area contributed by atoms with Crippen molar-refractivity contribution in [2.24, 2.45) is 12.0 Å². The van der Waals surface area contributed by atoms with E-state index in [1.165, 1.54) is 11.1 Å². The number of aliphatic imine (C=N–C) groups is 1. The number of nitrogens with zero attached hydrogens (tertiary/aromatic N) is 5. The third kappa shape index (κ3) is 5.53. The summed E-state index contributed by atoms with van der Waals surface area (Å²) in [7, 11) is 3.80. The van der Waals surface area contributed by atoms with Gasteiger partial charge in [-0.05, 0) is 29.7 Å². The van der Waals surface area contributed by atoms with E-state index in [9.17, 15) is 0 Å². The van der Waals surface area contributed by atoms with E-state index in [0.29, 0.717) is 6.79 Å². The molecule has 4 rings (SSSR count). The quantitative estimate of drug-likeness (QED) is 0.374. The minimum Gasteiger partial charge on any atom is -0.454 e. The lowest BCUT2D eigenvalue weighted by Gasteiger charge is -2.36. The second kappa shape index (κ2) is 10.1. The normalized spacial score (nSPS) is 16.6. The molecule has 9 heteroatoms. The van der Waals surface area contributed by atoms with Crippen LogP contribution in [0, 0.1) is 0 Å². The second-order valence-electron chi connectivity index (χ2n) is 7.20. The van der Waals surface area contributed by atoms with Crippen LogP contribution in [-0.4, -0.2) is 72.1 Å². The van der Waals surface area contributed by atoms with Gasteiger partial charge in [0.2, 0.25) is 6.79 Å². The highest BCUT2D eigenvalue weighted by Gasteiger charge is 2.20. The number of hydrogen-bond acceptors (Lipinski definition) is 5. The molecule has 29 heavy (non-hydrogen) atoms. The number of ether oxygens (including phenoxy) is 2. The van der Waals surface area contributed by atoms with Crippen LogP contribution in [0.2, 0.25) is 0 Å². The van der Waals surface area contributed by atoms with Gasteiger partial charge in [0.25, 0.3) is 0 Å². The second-order valence-corrected chi connectivity index (χ2v) is 7.20. The summed E-state index contributed by atoms with van der Waals surface area (Å²) in [6, 6.07) is 6.22. The number of rotatable bonds is 5. The van der Waals surface area contributed by atoms with E-state index >= 15 is 0 Å². The van der Waals surface area contributed by atoms with Crippen molar-refractivity contribution in [1.82, 2.24) is 24.9 Å². The number of aryl methyl sites for hydroxylation is 1. The molecule has 0 radical (unpaired) electrons. The molecule has 3 heterocycles. The molecule has 0 unspecified atom stereocenters. The molecule has 1 aromatic heterocycles. The fourth-order valence-corrected chi connectivity index (χ4v) is 3.67. The van der Waals surface area contributed by atoms with Gasteiger partial charge in [-0.25, -0.2) is 0 Å². The Morgan fingerprint density at radius 3 is 2.66 bits per heavy atom. The SMILES string of the molecule is CN=C(NCCc1cnn(C)c1)N1CCN(Cc2ccc3c(c2)OCO3)CC1.I. The standard InChI is InChI=1S/C20H28N6O2.HI/c1-21-20(22-6-5-17-12-23-24(2)13-17)26-9-7-25(8-10-26)14-16-3-4-18-19(11-16)28-15-27-18;/h3-4,11-13H,5-10,14-15H2,1-2H3,(H,21,22);1H. The summed E-state index contributed by atoms with van der Waals surface area (Å²) in [6.07, 6.45) is 4.91. The Kier molecular flexibility index (Phi) is 7.59. The summed E-state index contributed by atoms with van der Waals surface area (Å²) in [4.78, 5) is 9.26. The van der Waals surface area contributed by atoms with Crippen molar-refractivity contribution in [3.05, 3.63) is 41.7 Å². The summed E-state index contributed by atoms with van der Waals surface area (Å²) in [6.45, 7) is 6.07. The third-order valence-electron chi connectivity index (χ3n) is 5.18. The van der Waals surface area contributed by atoms with Crippen molar-refractivity contribution in [3.63, 3.8) is 0 Å². The molecule has 1 fully saturated rings. The highest BCUT2D eigenvalue weighted by atomic mass is 127. The van der Waals surface area contributed by atoms with Crippen LogP contribution in [0.15, 0.2) is 35.6 Å². The first kappa shape index (κ1) is 21.7. The molecule has 8 nitrogen and oxygen atoms in total. The molecule has 2 aromatic rings. The molecule has 1 saturated heterocycles. The van der Waals surface area contributed by atoms with Crippen LogP contribution in [0.5, 0.6) is 11.5 Å². The third-order valence-corrected chi connectivity index (χ3v) is 5.18. The molecule has 0 bridgehead atoms. The van der Waals surface area contributed by atoms with Crippen LogP contribution in [0.3, 0.4) is 0 Å². The minimum absolute atomic E-state index is 0. The van der Waals surface area contributed by atoms with Gasteiger partial charge in [-0.2, -0.15) is 5.10 Å². The van der Waals surface area contributed by atoms with Gasteiger partial charge in [-0.3, -0.25) is 14.6 Å². The van der Waals surface area contributed by atoms with Crippen molar-refractivity contribution in [3.8, 4) is 11.5 Å². The molecule has 0 saturated carbocycles. The maximum absolute atomic E-state index is 5.48. The van der Waals surface area contributed by atoms with Crippen molar-refractivity contribution < 1.29 is 9.47 Å². The number of fused-ring (bicyclic) bond motifs is 1. The van der Waals surface area contributed by atoms with Crippen LogP contribution < -0.4 is 14.8 Å². The van der Waals surface area contributed by atoms with Crippen molar-refractivity contribution in [2.75, 3.05) is 46.6 Å². The number of hydrogen-bond donors (Lipinski definition) is 1. The molecule has 158 valence electrons. The summed E-state index contributed by atoms with van der Waals surface area (Å²) in [5.74, 6) is 2.68. The molecule has 1 aromatic carbocycles. The van der Waals surface area contributed by atoms with Crippen LogP contribution in [0.4, 0.5) is 0 Å². The lowest BCUT2D eigenvalue weighted by atomic mass is 10.1. The Bertz CT molecular complexity index is 832. The zero-order valence-corrected chi connectivity index (χ0v) is 19.3.